The second kappa shape index (κ2) is 6.61. The van der Waals surface area contributed by atoms with Gasteiger partial charge in [-0.2, -0.15) is 9.67 Å². The van der Waals surface area contributed by atoms with E-state index in [-0.39, 0.29) is 11.9 Å². The molecule has 128 valence electrons. The molecule has 0 aliphatic rings. The minimum atomic E-state index is -0.299. The van der Waals surface area contributed by atoms with Gasteiger partial charge in [0.15, 0.2) is 5.82 Å². The molecule has 0 aliphatic carbocycles. The van der Waals surface area contributed by atoms with E-state index < -0.39 is 0 Å². The number of methoxy groups -OCH3 is 1. The summed E-state index contributed by atoms with van der Waals surface area (Å²) in [4.78, 5) is 17.6. The van der Waals surface area contributed by atoms with Crippen LogP contribution < -0.4 is 4.74 Å². The fourth-order valence-corrected chi connectivity index (χ4v) is 3.08. The van der Waals surface area contributed by atoms with Crippen LogP contribution in [0.2, 0.25) is 5.02 Å². The molecule has 0 unspecified atom stereocenters. The van der Waals surface area contributed by atoms with Crippen LogP contribution in [0.1, 0.15) is 10.4 Å². The molecular formula is C20H14ClN3O2. The summed E-state index contributed by atoms with van der Waals surface area (Å²) in [6.07, 6.45) is 0. The molecule has 1 aromatic heterocycles. The Morgan fingerprint density at radius 2 is 1.73 bits per heavy atom. The first-order chi connectivity index (χ1) is 12.7. The van der Waals surface area contributed by atoms with Crippen LogP contribution in [0.3, 0.4) is 0 Å². The maximum absolute atomic E-state index is 13.3. The van der Waals surface area contributed by atoms with Gasteiger partial charge >= 0.3 is 6.01 Å². The van der Waals surface area contributed by atoms with Crippen molar-refractivity contribution in [3.8, 4) is 17.4 Å². The Labute approximate surface area is 154 Å². The van der Waals surface area contributed by atoms with Crippen molar-refractivity contribution >= 4 is 28.3 Å². The Kier molecular flexibility index (Phi) is 4.14. The molecule has 0 spiro atoms. The number of hydrogen-bond acceptors (Lipinski definition) is 4. The first kappa shape index (κ1) is 16.3. The summed E-state index contributed by atoms with van der Waals surface area (Å²) in [5, 5.41) is 6.51. The fraction of sp³-hybridized carbons (Fsp3) is 0.0500. The van der Waals surface area contributed by atoms with Crippen molar-refractivity contribution < 1.29 is 9.53 Å². The van der Waals surface area contributed by atoms with Crippen molar-refractivity contribution in [2.45, 2.75) is 0 Å². The zero-order valence-corrected chi connectivity index (χ0v) is 14.6. The second-order valence-corrected chi connectivity index (χ2v) is 6.05. The molecule has 3 aromatic carbocycles. The van der Waals surface area contributed by atoms with Gasteiger partial charge in [-0.15, -0.1) is 5.10 Å². The maximum atomic E-state index is 13.3. The van der Waals surface area contributed by atoms with Crippen LogP contribution in [0.4, 0.5) is 0 Å². The molecule has 4 rings (SSSR count). The highest BCUT2D eigenvalue weighted by Gasteiger charge is 2.22. The number of halogens is 1. The Hall–Kier alpha value is -3.18. The van der Waals surface area contributed by atoms with E-state index in [2.05, 4.69) is 10.1 Å². The first-order valence-electron chi connectivity index (χ1n) is 7.97. The normalized spacial score (nSPS) is 10.8. The van der Waals surface area contributed by atoms with Gasteiger partial charge in [0.25, 0.3) is 5.91 Å². The molecule has 0 atom stereocenters. The van der Waals surface area contributed by atoms with Crippen LogP contribution in [0.5, 0.6) is 6.01 Å². The highest BCUT2D eigenvalue weighted by Crippen LogP contribution is 2.29. The van der Waals surface area contributed by atoms with E-state index in [1.807, 2.05) is 48.5 Å². The van der Waals surface area contributed by atoms with Gasteiger partial charge < -0.3 is 4.74 Å². The third-order valence-corrected chi connectivity index (χ3v) is 4.43. The van der Waals surface area contributed by atoms with Gasteiger partial charge in [0.2, 0.25) is 0 Å². The van der Waals surface area contributed by atoms with Crippen LogP contribution in [0, 0.1) is 0 Å². The highest BCUT2D eigenvalue weighted by atomic mass is 35.5. The number of carbonyl (C=O) groups excluding carboxylic acids is 1. The maximum Gasteiger partial charge on any atom is 0.336 e. The quantitative estimate of drug-likeness (QED) is 0.539. The molecule has 4 aromatic rings. The van der Waals surface area contributed by atoms with E-state index >= 15 is 0 Å². The van der Waals surface area contributed by atoms with Crippen molar-refractivity contribution in [3.63, 3.8) is 0 Å². The Morgan fingerprint density at radius 1 is 1.00 bits per heavy atom. The van der Waals surface area contributed by atoms with Crippen molar-refractivity contribution in [2.75, 3.05) is 7.11 Å². The standard InChI is InChI=1S/C20H14ClN3O2/c1-26-20-22-18(16-10-4-5-12-17(16)21)24(23-20)19(25)15-11-6-8-13-7-2-3-9-14(13)15/h2-12H,1H3. The van der Waals surface area contributed by atoms with Gasteiger partial charge in [0.1, 0.15) is 0 Å². The van der Waals surface area contributed by atoms with E-state index in [0.29, 0.717) is 22.0 Å². The summed E-state index contributed by atoms with van der Waals surface area (Å²) in [6.45, 7) is 0. The van der Waals surface area contributed by atoms with E-state index in [4.69, 9.17) is 16.3 Å². The zero-order chi connectivity index (χ0) is 18.1. The van der Waals surface area contributed by atoms with Gasteiger partial charge in [-0.05, 0) is 29.0 Å². The molecule has 5 nitrogen and oxygen atoms in total. The van der Waals surface area contributed by atoms with E-state index in [9.17, 15) is 4.79 Å². The number of nitrogens with zero attached hydrogens (tertiary/aromatic N) is 3. The predicted molar refractivity (Wildman–Crippen MR) is 101 cm³/mol. The molecule has 0 N–H and O–H groups in total. The number of ether oxygens (including phenoxy) is 1. The topological polar surface area (TPSA) is 57.0 Å². The molecule has 0 radical (unpaired) electrons. The Balaban J connectivity index is 1.91. The number of hydrogen-bond donors (Lipinski definition) is 0. The van der Waals surface area contributed by atoms with Crippen molar-refractivity contribution in [1.82, 2.24) is 14.8 Å². The lowest BCUT2D eigenvalue weighted by Gasteiger charge is -2.08. The molecular weight excluding hydrogens is 350 g/mol. The molecule has 0 aliphatic heterocycles. The number of carbonyl (C=O) groups is 1. The first-order valence-corrected chi connectivity index (χ1v) is 8.35. The number of benzene rings is 3. The van der Waals surface area contributed by atoms with Crippen molar-refractivity contribution in [2.24, 2.45) is 0 Å². The summed E-state index contributed by atoms with van der Waals surface area (Å²) in [5.74, 6) is 0.0397. The average Bonchev–Trinajstić information content (AvgIpc) is 3.11. The van der Waals surface area contributed by atoms with E-state index in [1.165, 1.54) is 11.8 Å². The Morgan fingerprint density at radius 3 is 2.54 bits per heavy atom. The van der Waals surface area contributed by atoms with Crippen LogP contribution in [-0.4, -0.2) is 27.8 Å². The smallest absolute Gasteiger partial charge is 0.336 e. The summed E-state index contributed by atoms with van der Waals surface area (Å²) < 4.78 is 6.37. The van der Waals surface area contributed by atoms with Gasteiger partial charge in [0, 0.05) is 11.1 Å². The van der Waals surface area contributed by atoms with E-state index in [0.717, 1.165) is 10.8 Å². The third-order valence-electron chi connectivity index (χ3n) is 4.10. The third kappa shape index (κ3) is 2.72. The minimum absolute atomic E-state index is 0.105. The zero-order valence-electron chi connectivity index (χ0n) is 13.9. The largest absolute Gasteiger partial charge is 0.466 e. The molecule has 0 fully saturated rings. The summed E-state index contributed by atoms with van der Waals surface area (Å²) in [5.41, 5.74) is 1.14. The lowest BCUT2D eigenvalue weighted by molar-refractivity contribution is 0.0947. The van der Waals surface area contributed by atoms with E-state index in [1.54, 1.807) is 18.2 Å². The second-order valence-electron chi connectivity index (χ2n) is 5.65. The number of aromatic nitrogens is 3. The van der Waals surface area contributed by atoms with Crippen LogP contribution >= 0.6 is 11.6 Å². The van der Waals surface area contributed by atoms with Crippen LogP contribution in [0.25, 0.3) is 22.2 Å². The molecule has 1 heterocycles. The van der Waals surface area contributed by atoms with Crippen molar-refractivity contribution in [1.29, 1.82) is 0 Å². The summed E-state index contributed by atoms with van der Waals surface area (Å²) >= 11 is 6.30. The molecule has 26 heavy (non-hydrogen) atoms. The van der Waals surface area contributed by atoms with Crippen molar-refractivity contribution in [3.05, 3.63) is 77.3 Å². The lowest BCUT2D eigenvalue weighted by atomic mass is 10.0. The van der Waals surface area contributed by atoms with Gasteiger partial charge in [-0.1, -0.05) is 60.1 Å². The van der Waals surface area contributed by atoms with Gasteiger partial charge in [0.05, 0.1) is 12.1 Å². The Bertz CT molecular complexity index is 1120. The fourth-order valence-electron chi connectivity index (χ4n) is 2.86. The van der Waals surface area contributed by atoms with Crippen LogP contribution in [0.15, 0.2) is 66.7 Å². The molecule has 0 saturated carbocycles. The molecule has 0 amide bonds. The molecule has 6 heteroatoms. The number of rotatable bonds is 3. The molecule has 0 bridgehead atoms. The minimum Gasteiger partial charge on any atom is -0.466 e. The monoisotopic (exact) mass is 363 g/mol. The van der Waals surface area contributed by atoms with Gasteiger partial charge in [-0.25, -0.2) is 0 Å². The highest BCUT2D eigenvalue weighted by molar-refractivity contribution is 6.33. The number of fused-ring (bicyclic) bond motifs is 1. The molecule has 0 saturated heterocycles. The van der Waals surface area contributed by atoms with Gasteiger partial charge in [-0.3, -0.25) is 4.79 Å². The van der Waals surface area contributed by atoms with Crippen LogP contribution in [-0.2, 0) is 0 Å². The summed E-state index contributed by atoms with van der Waals surface area (Å²) in [6, 6.07) is 20.6. The average molecular weight is 364 g/mol. The SMILES string of the molecule is COc1nc(-c2ccccc2Cl)n(C(=O)c2cccc3ccccc23)n1. The summed E-state index contributed by atoms with van der Waals surface area (Å²) in [7, 11) is 1.46. The predicted octanol–water partition coefficient (Wildman–Crippen LogP) is 4.45. The lowest BCUT2D eigenvalue weighted by Crippen LogP contribution is -2.15.